The first-order valence-corrected chi connectivity index (χ1v) is 5.85. The van der Waals surface area contributed by atoms with E-state index in [1.54, 1.807) is 0 Å². The zero-order valence-corrected chi connectivity index (χ0v) is 9.23. The minimum atomic E-state index is 0.599. The van der Waals surface area contributed by atoms with Crippen molar-refractivity contribution in [3.63, 3.8) is 0 Å². The fourth-order valence-electron chi connectivity index (χ4n) is 2.65. The van der Waals surface area contributed by atoms with Gasteiger partial charge in [0.25, 0.3) is 0 Å². The van der Waals surface area contributed by atoms with Gasteiger partial charge in [-0.25, -0.2) is 0 Å². The fraction of sp³-hybridized carbons (Fsp3) is 0.500. The summed E-state index contributed by atoms with van der Waals surface area (Å²) in [7, 11) is 0. The molecule has 0 amide bonds. The molecule has 0 spiro atoms. The third-order valence-electron chi connectivity index (χ3n) is 3.42. The summed E-state index contributed by atoms with van der Waals surface area (Å²) >= 11 is 0. The van der Waals surface area contributed by atoms with Crippen LogP contribution < -0.4 is 0 Å². The highest BCUT2D eigenvalue weighted by molar-refractivity contribution is 5.77. The zero-order valence-electron chi connectivity index (χ0n) is 9.23. The zero-order chi connectivity index (χ0) is 10.7. The number of rotatable bonds is 4. The number of carbonyl (C=O) groups excluding carboxylic acids is 1. The van der Waals surface area contributed by atoms with Crippen LogP contribution in [-0.4, -0.2) is 6.29 Å². The molecule has 1 fully saturated rings. The molecule has 1 nitrogen and oxygen atoms in total. The molecule has 2 bridgehead atoms. The minimum Gasteiger partial charge on any atom is -0.298 e. The first kappa shape index (κ1) is 10.4. The standard InChI is InChI=1S/C14H18O/c1-2-3-4-12(10-15)9-14-8-11-5-6-13(14)7-11/h3-6,9-11,13-14H,2,7-8H2,1H3. The van der Waals surface area contributed by atoms with Gasteiger partial charge >= 0.3 is 0 Å². The molecule has 0 saturated heterocycles. The third-order valence-corrected chi connectivity index (χ3v) is 3.42. The molecule has 3 atom stereocenters. The van der Waals surface area contributed by atoms with Crippen LogP contribution in [0.3, 0.4) is 0 Å². The summed E-state index contributed by atoms with van der Waals surface area (Å²) in [6.07, 6.45) is 15.3. The van der Waals surface area contributed by atoms with Crippen LogP contribution in [0.1, 0.15) is 26.2 Å². The van der Waals surface area contributed by atoms with Crippen LogP contribution >= 0.6 is 0 Å². The van der Waals surface area contributed by atoms with Gasteiger partial charge in [0.1, 0.15) is 6.29 Å². The second-order valence-corrected chi connectivity index (χ2v) is 4.54. The molecule has 0 aromatic rings. The Morgan fingerprint density at radius 3 is 2.80 bits per heavy atom. The number of hydrogen-bond acceptors (Lipinski definition) is 1. The number of fused-ring (bicyclic) bond motifs is 2. The summed E-state index contributed by atoms with van der Waals surface area (Å²) < 4.78 is 0. The Bertz CT molecular complexity index is 322. The van der Waals surface area contributed by atoms with Gasteiger partial charge in [0.05, 0.1) is 0 Å². The molecular weight excluding hydrogens is 184 g/mol. The molecule has 1 saturated carbocycles. The van der Waals surface area contributed by atoms with Crippen LogP contribution in [0.4, 0.5) is 0 Å². The SMILES string of the molecule is CCC=CC(C=O)=CC1CC2C=CC1C2. The molecule has 2 rings (SSSR count). The van der Waals surface area contributed by atoms with Gasteiger partial charge in [0.2, 0.25) is 0 Å². The van der Waals surface area contributed by atoms with Gasteiger partial charge in [-0.1, -0.05) is 37.3 Å². The highest BCUT2D eigenvalue weighted by Crippen LogP contribution is 2.44. The largest absolute Gasteiger partial charge is 0.298 e. The Hall–Kier alpha value is -1.11. The second-order valence-electron chi connectivity index (χ2n) is 4.54. The van der Waals surface area contributed by atoms with Crippen LogP contribution in [-0.2, 0) is 4.79 Å². The first-order chi connectivity index (χ1) is 7.33. The van der Waals surface area contributed by atoms with Gasteiger partial charge < -0.3 is 0 Å². The molecular formula is C14H18O. The average Bonchev–Trinajstić information content (AvgIpc) is 2.85. The Balaban J connectivity index is 2.05. The summed E-state index contributed by atoms with van der Waals surface area (Å²) in [5.41, 5.74) is 0.850. The van der Waals surface area contributed by atoms with Gasteiger partial charge in [0, 0.05) is 5.57 Å². The summed E-state index contributed by atoms with van der Waals surface area (Å²) in [6, 6.07) is 0. The Morgan fingerprint density at radius 2 is 2.27 bits per heavy atom. The van der Waals surface area contributed by atoms with E-state index in [-0.39, 0.29) is 0 Å². The van der Waals surface area contributed by atoms with E-state index in [1.807, 2.05) is 12.2 Å². The molecule has 0 heterocycles. The number of allylic oxidation sites excluding steroid dienone is 6. The highest BCUT2D eigenvalue weighted by atomic mass is 16.1. The number of carbonyl (C=O) groups is 1. The lowest BCUT2D eigenvalue weighted by Crippen LogP contribution is -2.04. The molecule has 2 aliphatic carbocycles. The van der Waals surface area contributed by atoms with Crippen molar-refractivity contribution in [2.45, 2.75) is 26.2 Å². The number of hydrogen-bond donors (Lipinski definition) is 0. The molecule has 2 aliphatic rings. The lowest BCUT2D eigenvalue weighted by atomic mass is 9.91. The van der Waals surface area contributed by atoms with Crippen LogP contribution in [0.2, 0.25) is 0 Å². The van der Waals surface area contributed by atoms with E-state index in [0.717, 1.165) is 24.2 Å². The van der Waals surface area contributed by atoms with Crippen molar-refractivity contribution in [3.05, 3.63) is 36.0 Å². The Kier molecular flexibility index (Phi) is 3.20. The van der Waals surface area contributed by atoms with E-state index in [4.69, 9.17) is 0 Å². The van der Waals surface area contributed by atoms with Crippen molar-refractivity contribution in [2.24, 2.45) is 17.8 Å². The molecule has 0 aromatic heterocycles. The maximum absolute atomic E-state index is 10.9. The molecule has 3 unspecified atom stereocenters. The maximum atomic E-state index is 10.9. The molecule has 1 heteroatoms. The van der Waals surface area contributed by atoms with E-state index >= 15 is 0 Å². The molecule has 15 heavy (non-hydrogen) atoms. The molecule has 0 N–H and O–H groups in total. The van der Waals surface area contributed by atoms with Gasteiger partial charge in [0.15, 0.2) is 0 Å². The second kappa shape index (κ2) is 4.61. The van der Waals surface area contributed by atoms with E-state index in [0.29, 0.717) is 11.8 Å². The topological polar surface area (TPSA) is 17.1 Å². The summed E-state index contributed by atoms with van der Waals surface area (Å²) in [6.45, 7) is 2.08. The number of aldehydes is 1. The fourth-order valence-corrected chi connectivity index (χ4v) is 2.65. The van der Waals surface area contributed by atoms with E-state index in [2.05, 4.69) is 25.2 Å². The summed E-state index contributed by atoms with van der Waals surface area (Å²) in [4.78, 5) is 10.9. The molecule has 0 radical (unpaired) electrons. The predicted octanol–water partition coefficient (Wildman–Crippen LogP) is 3.29. The lowest BCUT2D eigenvalue weighted by molar-refractivity contribution is -0.104. The van der Waals surface area contributed by atoms with Crippen molar-refractivity contribution in [2.75, 3.05) is 0 Å². The normalized spacial score (nSPS) is 34.2. The Morgan fingerprint density at radius 1 is 1.40 bits per heavy atom. The molecule has 0 aliphatic heterocycles. The lowest BCUT2D eigenvalue weighted by Gasteiger charge is -2.13. The molecule has 80 valence electrons. The Labute approximate surface area is 91.6 Å². The van der Waals surface area contributed by atoms with Crippen LogP contribution in [0.15, 0.2) is 36.0 Å². The minimum absolute atomic E-state index is 0.599. The van der Waals surface area contributed by atoms with Gasteiger partial charge in [-0.3, -0.25) is 4.79 Å². The van der Waals surface area contributed by atoms with Crippen LogP contribution in [0.5, 0.6) is 0 Å². The van der Waals surface area contributed by atoms with Gasteiger partial charge in [-0.15, -0.1) is 0 Å². The quantitative estimate of drug-likeness (QED) is 0.296. The van der Waals surface area contributed by atoms with Crippen LogP contribution in [0.25, 0.3) is 0 Å². The maximum Gasteiger partial charge on any atom is 0.149 e. The highest BCUT2D eigenvalue weighted by Gasteiger charge is 2.34. The van der Waals surface area contributed by atoms with Crippen molar-refractivity contribution in [1.29, 1.82) is 0 Å². The van der Waals surface area contributed by atoms with Gasteiger partial charge in [-0.05, 0) is 37.0 Å². The molecule has 0 aromatic carbocycles. The monoisotopic (exact) mass is 202 g/mol. The van der Waals surface area contributed by atoms with Gasteiger partial charge in [-0.2, -0.15) is 0 Å². The van der Waals surface area contributed by atoms with E-state index < -0.39 is 0 Å². The predicted molar refractivity (Wildman–Crippen MR) is 62.4 cm³/mol. The van der Waals surface area contributed by atoms with E-state index in [9.17, 15) is 4.79 Å². The summed E-state index contributed by atoms with van der Waals surface area (Å²) in [5, 5.41) is 0. The van der Waals surface area contributed by atoms with Crippen molar-refractivity contribution in [1.82, 2.24) is 0 Å². The third kappa shape index (κ3) is 2.28. The van der Waals surface area contributed by atoms with E-state index in [1.165, 1.54) is 12.8 Å². The van der Waals surface area contributed by atoms with Crippen molar-refractivity contribution >= 4 is 6.29 Å². The van der Waals surface area contributed by atoms with Crippen LogP contribution in [0, 0.1) is 17.8 Å². The average molecular weight is 202 g/mol. The van der Waals surface area contributed by atoms with Crippen molar-refractivity contribution < 1.29 is 4.79 Å². The summed E-state index contributed by atoms with van der Waals surface area (Å²) in [5.74, 6) is 2.07. The first-order valence-electron chi connectivity index (χ1n) is 5.85. The smallest absolute Gasteiger partial charge is 0.149 e. The van der Waals surface area contributed by atoms with Crippen molar-refractivity contribution in [3.8, 4) is 0 Å².